The number of halogens is 1. The number of hydrogen-bond acceptors (Lipinski definition) is 2. The molecule has 2 bridgehead atoms. The van der Waals surface area contributed by atoms with Crippen molar-refractivity contribution >= 4 is 11.6 Å². The first kappa shape index (κ1) is 14.4. The second-order valence-electron chi connectivity index (χ2n) is 6.69. The molecule has 0 aromatic carbocycles. The van der Waals surface area contributed by atoms with Crippen LogP contribution in [-0.2, 0) is 13.0 Å². The average Bonchev–Trinajstić information content (AvgIpc) is 3.09. The molecule has 4 heteroatoms. The SMILES string of the molecule is CCn1nc(C)c(Cl)c1CC(O)CC1CC2CCC1C2. The molecule has 4 unspecified atom stereocenters. The Bertz CT molecular complexity index is 485. The van der Waals surface area contributed by atoms with Crippen LogP contribution in [0.15, 0.2) is 0 Å². The van der Waals surface area contributed by atoms with Crippen LogP contribution in [0.25, 0.3) is 0 Å². The van der Waals surface area contributed by atoms with Gasteiger partial charge in [-0.3, -0.25) is 4.68 Å². The number of hydrogen-bond donors (Lipinski definition) is 1. The van der Waals surface area contributed by atoms with Gasteiger partial charge in [0.25, 0.3) is 0 Å². The molecule has 3 rings (SSSR count). The van der Waals surface area contributed by atoms with E-state index in [4.69, 9.17) is 11.6 Å². The molecule has 2 aliphatic carbocycles. The molecule has 1 aromatic heterocycles. The van der Waals surface area contributed by atoms with Gasteiger partial charge in [0.2, 0.25) is 0 Å². The van der Waals surface area contributed by atoms with E-state index >= 15 is 0 Å². The van der Waals surface area contributed by atoms with Crippen LogP contribution in [0.5, 0.6) is 0 Å². The van der Waals surface area contributed by atoms with Gasteiger partial charge in [0.15, 0.2) is 0 Å². The van der Waals surface area contributed by atoms with Crippen LogP contribution in [0.1, 0.15) is 50.4 Å². The maximum Gasteiger partial charge on any atom is 0.0848 e. The lowest BCUT2D eigenvalue weighted by Gasteiger charge is -2.24. The zero-order valence-electron chi connectivity index (χ0n) is 12.5. The van der Waals surface area contributed by atoms with Gasteiger partial charge in [0, 0.05) is 13.0 Å². The number of aliphatic hydroxyl groups excluding tert-OH is 1. The predicted octanol–water partition coefficient (Wildman–Crippen LogP) is 3.59. The Labute approximate surface area is 126 Å². The quantitative estimate of drug-likeness (QED) is 0.901. The third-order valence-corrected chi connectivity index (χ3v) is 5.83. The third kappa shape index (κ3) is 2.62. The largest absolute Gasteiger partial charge is 0.393 e. The summed E-state index contributed by atoms with van der Waals surface area (Å²) in [6.45, 7) is 4.80. The molecule has 0 amide bonds. The summed E-state index contributed by atoms with van der Waals surface area (Å²) >= 11 is 6.32. The van der Waals surface area contributed by atoms with Crippen molar-refractivity contribution in [1.29, 1.82) is 0 Å². The maximum absolute atomic E-state index is 10.4. The lowest BCUT2D eigenvalue weighted by molar-refractivity contribution is 0.122. The van der Waals surface area contributed by atoms with Gasteiger partial charge in [-0.25, -0.2) is 0 Å². The molecule has 2 saturated carbocycles. The Hall–Kier alpha value is -0.540. The maximum atomic E-state index is 10.4. The molecule has 3 nitrogen and oxygen atoms in total. The van der Waals surface area contributed by atoms with E-state index in [-0.39, 0.29) is 6.10 Å². The van der Waals surface area contributed by atoms with Gasteiger partial charge in [-0.2, -0.15) is 5.10 Å². The highest BCUT2D eigenvalue weighted by Gasteiger charge is 2.40. The fraction of sp³-hybridized carbons (Fsp3) is 0.812. The molecule has 1 aromatic rings. The van der Waals surface area contributed by atoms with Crippen LogP contribution >= 0.6 is 11.6 Å². The van der Waals surface area contributed by atoms with Crippen molar-refractivity contribution in [2.75, 3.05) is 0 Å². The molecule has 4 atom stereocenters. The summed E-state index contributed by atoms with van der Waals surface area (Å²) in [7, 11) is 0. The van der Waals surface area contributed by atoms with E-state index in [1.807, 2.05) is 11.6 Å². The van der Waals surface area contributed by atoms with Gasteiger partial charge in [-0.1, -0.05) is 18.0 Å². The predicted molar refractivity (Wildman–Crippen MR) is 80.9 cm³/mol. The van der Waals surface area contributed by atoms with Crippen molar-refractivity contribution in [2.24, 2.45) is 17.8 Å². The van der Waals surface area contributed by atoms with Gasteiger partial charge in [-0.05, 0) is 57.3 Å². The lowest BCUT2D eigenvalue weighted by Crippen LogP contribution is -2.21. The van der Waals surface area contributed by atoms with Crippen LogP contribution in [-0.4, -0.2) is 21.0 Å². The fourth-order valence-electron chi connectivity index (χ4n) is 4.39. The van der Waals surface area contributed by atoms with Gasteiger partial charge in [0.1, 0.15) is 0 Å². The first-order chi connectivity index (χ1) is 9.58. The van der Waals surface area contributed by atoms with Gasteiger partial charge in [-0.15, -0.1) is 0 Å². The van der Waals surface area contributed by atoms with Crippen LogP contribution in [0.3, 0.4) is 0 Å². The number of fused-ring (bicyclic) bond motifs is 2. The molecule has 20 heavy (non-hydrogen) atoms. The minimum Gasteiger partial charge on any atom is -0.393 e. The smallest absolute Gasteiger partial charge is 0.0848 e. The molecule has 1 heterocycles. The summed E-state index contributed by atoms with van der Waals surface area (Å²) in [5.74, 6) is 2.56. The molecule has 2 aliphatic rings. The second-order valence-corrected chi connectivity index (χ2v) is 7.07. The Morgan fingerprint density at radius 2 is 2.20 bits per heavy atom. The molecule has 0 saturated heterocycles. The van der Waals surface area contributed by atoms with E-state index in [9.17, 15) is 5.11 Å². The Morgan fingerprint density at radius 1 is 1.40 bits per heavy atom. The number of aromatic nitrogens is 2. The number of rotatable bonds is 5. The lowest BCUT2D eigenvalue weighted by atomic mass is 9.84. The molecule has 0 radical (unpaired) electrons. The zero-order valence-corrected chi connectivity index (χ0v) is 13.2. The zero-order chi connectivity index (χ0) is 14.3. The third-order valence-electron chi connectivity index (χ3n) is 5.34. The fourth-order valence-corrected chi connectivity index (χ4v) is 4.60. The number of aliphatic hydroxyl groups is 1. The molecule has 0 spiro atoms. The highest BCUT2D eigenvalue weighted by atomic mass is 35.5. The van der Waals surface area contributed by atoms with E-state index in [0.717, 1.165) is 47.1 Å². The number of aryl methyl sites for hydroxylation is 2. The van der Waals surface area contributed by atoms with Crippen LogP contribution in [0.2, 0.25) is 5.02 Å². The summed E-state index contributed by atoms with van der Waals surface area (Å²) in [4.78, 5) is 0. The number of nitrogens with zero attached hydrogens (tertiary/aromatic N) is 2. The highest BCUT2D eigenvalue weighted by Crippen LogP contribution is 2.50. The minimum atomic E-state index is -0.279. The van der Waals surface area contributed by atoms with Crippen LogP contribution < -0.4 is 0 Å². The van der Waals surface area contributed by atoms with E-state index in [1.54, 1.807) is 0 Å². The second kappa shape index (κ2) is 5.69. The van der Waals surface area contributed by atoms with E-state index in [0.29, 0.717) is 6.42 Å². The van der Waals surface area contributed by atoms with Crippen molar-refractivity contribution in [1.82, 2.24) is 9.78 Å². The summed E-state index contributed by atoms with van der Waals surface area (Å²) in [6, 6.07) is 0. The van der Waals surface area contributed by atoms with E-state index in [2.05, 4.69) is 12.0 Å². The molecular formula is C16H25ClN2O. The first-order valence-corrected chi connectivity index (χ1v) is 8.36. The van der Waals surface area contributed by atoms with Crippen molar-refractivity contribution < 1.29 is 5.11 Å². The first-order valence-electron chi connectivity index (χ1n) is 7.98. The van der Waals surface area contributed by atoms with Crippen LogP contribution in [0.4, 0.5) is 0 Å². The van der Waals surface area contributed by atoms with E-state index < -0.39 is 0 Å². The van der Waals surface area contributed by atoms with Crippen molar-refractivity contribution in [3.63, 3.8) is 0 Å². The molecule has 112 valence electrons. The average molecular weight is 297 g/mol. The summed E-state index contributed by atoms with van der Waals surface area (Å²) in [6.07, 6.45) is 6.84. The Morgan fingerprint density at radius 3 is 2.80 bits per heavy atom. The van der Waals surface area contributed by atoms with Crippen molar-refractivity contribution in [3.8, 4) is 0 Å². The monoisotopic (exact) mass is 296 g/mol. The van der Waals surface area contributed by atoms with Gasteiger partial charge < -0.3 is 5.11 Å². The molecule has 2 fully saturated rings. The summed E-state index contributed by atoms with van der Waals surface area (Å²) < 4.78 is 1.93. The molecular weight excluding hydrogens is 272 g/mol. The standard InChI is InChI=1S/C16H25ClN2O/c1-3-19-15(16(17)10(2)18-19)9-14(20)8-13-7-11-4-5-12(13)6-11/h11-14,20H,3-9H2,1-2H3. The van der Waals surface area contributed by atoms with Gasteiger partial charge in [0.05, 0.1) is 22.5 Å². The Balaban J connectivity index is 1.63. The van der Waals surface area contributed by atoms with Crippen LogP contribution in [0, 0.1) is 24.7 Å². The van der Waals surface area contributed by atoms with E-state index in [1.165, 1.54) is 25.7 Å². The topological polar surface area (TPSA) is 38.0 Å². The summed E-state index contributed by atoms with van der Waals surface area (Å²) in [5, 5.41) is 15.6. The molecule has 1 N–H and O–H groups in total. The normalized spacial score (nSPS) is 30.1. The summed E-state index contributed by atoms with van der Waals surface area (Å²) in [5.41, 5.74) is 1.87. The van der Waals surface area contributed by atoms with Crippen molar-refractivity contribution in [2.45, 2.75) is 65.0 Å². The molecule has 0 aliphatic heterocycles. The van der Waals surface area contributed by atoms with Crippen molar-refractivity contribution in [3.05, 3.63) is 16.4 Å². The minimum absolute atomic E-state index is 0.279. The highest BCUT2D eigenvalue weighted by molar-refractivity contribution is 6.31. The van der Waals surface area contributed by atoms with Gasteiger partial charge >= 0.3 is 0 Å². The Kier molecular flexibility index (Phi) is 4.09.